The van der Waals surface area contributed by atoms with Crippen LogP contribution in [0.25, 0.3) is 0 Å². The van der Waals surface area contributed by atoms with Crippen molar-refractivity contribution < 1.29 is 0 Å². The minimum atomic E-state index is 0.336. The van der Waals surface area contributed by atoms with Gasteiger partial charge in [0, 0.05) is 43.3 Å². The highest BCUT2D eigenvalue weighted by atomic mass is 32.1. The fraction of sp³-hybridized carbons (Fsp3) is 0.769. The Balaban J connectivity index is 1.94. The first kappa shape index (κ1) is 13.0. The molecule has 17 heavy (non-hydrogen) atoms. The molecule has 1 aromatic rings. The number of aromatic nitrogens is 1. The zero-order chi connectivity index (χ0) is 12.5. The van der Waals surface area contributed by atoms with Crippen LogP contribution in [0, 0.1) is 12.3 Å². The lowest BCUT2D eigenvalue weighted by atomic mass is 9.85. The Morgan fingerprint density at radius 3 is 2.88 bits per heavy atom. The molecule has 1 atom stereocenters. The van der Waals surface area contributed by atoms with E-state index in [9.17, 15) is 0 Å². The normalized spacial score (nSPS) is 22.9. The first-order chi connectivity index (χ1) is 7.95. The largest absolute Gasteiger partial charge is 0.311 e. The van der Waals surface area contributed by atoms with E-state index < -0.39 is 0 Å². The van der Waals surface area contributed by atoms with E-state index in [1.807, 2.05) is 17.5 Å². The summed E-state index contributed by atoms with van der Waals surface area (Å²) < 4.78 is 0. The van der Waals surface area contributed by atoms with Crippen LogP contribution in [0.2, 0.25) is 0 Å². The molecule has 1 fully saturated rings. The Labute approximate surface area is 108 Å². The fourth-order valence-electron chi connectivity index (χ4n) is 2.23. The van der Waals surface area contributed by atoms with Crippen molar-refractivity contribution in [2.75, 3.05) is 19.6 Å². The van der Waals surface area contributed by atoms with Gasteiger partial charge < -0.3 is 5.32 Å². The average Bonchev–Trinajstić information content (AvgIpc) is 2.63. The Bertz CT molecular complexity index is 367. The standard InChI is InChI=1S/C13H23N3S/c1-10-15-7-11(17-10)8-16-6-5-14-12(9-16)13(2,3)4/h7,12,14H,5-6,8-9H2,1-4H3. The minimum Gasteiger partial charge on any atom is -0.311 e. The average molecular weight is 253 g/mol. The molecule has 1 aromatic heterocycles. The number of aryl methyl sites for hydroxylation is 1. The number of hydrogen-bond acceptors (Lipinski definition) is 4. The molecule has 0 spiro atoms. The first-order valence-electron chi connectivity index (χ1n) is 6.32. The summed E-state index contributed by atoms with van der Waals surface area (Å²) in [5.74, 6) is 0. The van der Waals surface area contributed by atoms with Gasteiger partial charge in [-0.05, 0) is 12.3 Å². The maximum absolute atomic E-state index is 4.33. The van der Waals surface area contributed by atoms with Crippen molar-refractivity contribution in [3.8, 4) is 0 Å². The van der Waals surface area contributed by atoms with Crippen LogP contribution in [-0.2, 0) is 6.54 Å². The Morgan fingerprint density at radius 2 is 2.29 bits per heavy atom. The first-order valence-corrected chi connectivity index (χ1v) is 7.14. The molecule has 1 saturated heterocycles. The van der Waals surface area contributed by atoms with E-state index in [0.29, 0.717) is 11.5 Å². The molecule has 4 heteroatoms. The van der Waals surface area contributed by atoms with Gasteiger partial charge in [-0.25, -0.2) is 4.98 Å². The van der Waals surface area contributed by atoms with Gasteiger partial charge in [-0.3, -0.25) is 4.90 Å². The fourth-order valence-corrected chi connectivity index (χ4v) is 3.07. The minimum absolute atomic E-state index is 0.336. The van der Waals surface area contributed by atoms with Crippen LogP contribution >= 0.6 is 11.3 Å². The van der Waals surface area contributed by atoms with Gasteiger partial charge in [0.25, 0.3) is 0 Å². The highest BCUT2D eigenvalue weighted by molar-refractivity contribution is 7.11. The molecule has 0 aliphatic carbocycles. The third kappa shape index (κ3) is 3.50. The van der Waals surface area contributed by atoms with Gasteiger partial charge in [-0.15, -0.1) is 11.3 Å². The van der Waals surface area contributed by atoms with Crippen molar-refractivity contribution in [3.05, 3.63) is 16.1 Å². The molecular formula is C13H23N3S. The number of piperazine rings is 1. The van der Waals surface area contributed by atoms with Crippen molar-refractivity contribution >= 4 is 11.3 Å². The summed E-state index contributed by atoms with van der Waals surface area (Å²) in [6, 6.07) is 0.588. The van der Waals surface area contributed by atoms with Crippen molar-refractivity contribution in [2.24, 2.45) is 5.41 Å². The van der Waals surface area contributed by atoms with E-state index in [4.69, 9.17) is 0 Å². The summed E-state index contributed by atoms with van der Waals surface area (Å²) in [5.41, 5.74) is 0.336. The van der Waals surface area contributed by atoms with Crippen LogP contribution in [0.15, 0.2) is 6.20 Å². The molecule has 3 nitrogen and oxygen atoms in total. The van der Waals surface area contributed by atoms with Gasteiger partial charge in [-0.1, -0.05) is 20.8 Å². The van der Waals surface area contributed by atoms with Gasteiger partial charge in [0.05, 0.1) is 5.01 Å². The molecule has 0 saturated carbocycles. The van der Waals surface area contributed by atoms with Crippen LogP contribution in [0.1, 0.15) is 30.7 Å². The summed E-state index contributed by atoms with van der Waals surface area (Å²) in [6.07, 6.45) is 2.02. The van der Waals surface area contributed by atoms with Crippen LogP contribution < -0.4 is 5.32 Å². The molecule has 0 radical (unpaired) electrons. The lowest BCUT2D eigenvalue weighted by Gasteiger charge is -2.40. The van der Waals surface area contributed by atoms with Crippen LogP contribution in [0.3, 0.4) is 0 Å². The van der Waals surface area contributed by atoms with Gasteiger partial charge in [-0.2, -0.15) is 0 Å². The Hall–Kier alpha value is -0.450. The van der Waals surface area contributed by atoms with Gasteiger partial charge in [0.1, 0.15) is 0 Å². The number of nitrogens with zero attached hydrogens (tertiary/aromatic N) is 2. The van der Waals surface area contributed by atoms with Gasteiger partial charge in [0.15, 0.2) is 0 Å². The van der Waals surface area contributed by atoms with Gasteiger partial charge >= 0.3 is 0 Å². The summed E-state index contributed by atoms with van der Waals surface area (Å²) >= 11 is 1.82. The molecule has 0 aromatic carbocycles. The molecule has 2 rings (SSSR count). The molecule has 96 valence electrons. The third-order valence-electron chi connectivity index (χ3n) is 3.35. The number of hydrogen-bond donors (Lipinski definition) is 1. The van der Waals surface area contributed by atoms with Gasteiger partial charge in [0.2, 0.25) is 0 Å². The lowest BCUT2D eigenvalue weighted by molar-refractivity contribution is 0.130. The predicted molar refractivity (Wildman–Crippen MR) is 73.4 cm³/mol. The lowest BCUT2D eigenvalue weighted by Crippen LogP contribution is -2.55. The molecular weight excluding hydrogens is 230 g/mol. The molecule has 1 aliphatic heterocycles. The smallest absolute Gasteiger partial charge is 0.0897 e. The van der Waals surface area contributed by atoms with Crippen molar-refractivity contribution in [1.82, 2.24) is 15.2 Å². The summed E-state index contributed by atoms with van der Waals surface area (Å²) in [7, 11) is 0. The second-order valence-corrected chi connectivity index (χ2v) is 7.27. The van der Waals surface area contributed by atoms with Crippen LogP contribution in [-0.4, -0.2) is 35.6 Å². The highest BCUT2D eigenvalue weighted by Crippen LogP contribution is 2.23. The molecule has 1 aliphatic rings. The van der Waals surface area contributed by atoms with E-state index >= 15 is 0 Å². The quantitative estimate of drug-likeness (QED) is 0.876. The maximum atomic E-state index is 4.33. The zero-order valence-electron chi connectivity index (χ0n) is 11.3. The Kier molecular flexibility index (Phi) is 3.85. The second-order valence-electron chi connectivity index (χ2n) is 5.95. The number of rotatable bonds is 2. The Morgan fingerprint density at radius 1 is 1.53 bits per heavy atom. The summed E-state index contributed by atoms with van der Waals surface area (Å²) in [4.78, 5) is 8.25. The zero-order valence-corrected chi connectivity index (χ0v) is 12.1. The SMILES string of the molecule is Cc1ncc(CN2CCNC(C(C)(C)C)C2)s1. The van der Waals surface area contributed by atoms with Crippen LogP contribution in [0.5, 0.6) is 0 Å². The topological polar surface area (TPSA) is 28.2 Å². The van der Waals surface area contributed by atoms with Crippen molar-refractivity contribution in [1.29, 1.82) is 0 Å². The van der Waals surface area contributed by atoms with E-state index in [2.05, 4.69) is 42.9 Å². The van der Waals surface area contributed by atoms with E-state index in [1.54, 1.807) is 0 Å². The molecule has 1 N–H and O–H groups in total. The summed E-state index contributed by atoms with van der Waals surface area (Å²) in [6.45, 7) is 13.4. The van der Waals surface area contributed by atoms with E-state index in [-0.39, 0.29) is 0 Å². The maximum Gasteiger partial charge on any atom is 0.0897 e. The molecule has 0 bridgehead atoms. The third-order valence-corrected chi connectivity index (χ3v) is 4.25. The highest BCUT2D eigenvalue weighted by Gasteiger charge is 2.29. The number of nitrogens with one attached hydrogen (secondary N) is 1. The van der Waals surface area contributed by atoms with Crippen LogP contribution in [0.4, 0.5) is 0 Å². The second kappa shape index (κ2) is 5.04. The monoisotopic (exact) mass is 253 g/mol. The molecule has 0 amide bonds. The molecule has 2 heterocycles. The summed E-state index contributed by atoms with van der Waals surface area (Å²) in [5, 5.41) is 4.80. The van der Waals surface area contributed by atoms with E-state index in [0.717, 1.165) is 26.2 Å². The number of thiazole rings is 1. The predicted octanol–water partition coefficient (Wildman–Crippen LogP) is 2.27. The van der Waals surface area contributed by atoms with Crippen molar-refractivity contribution in [3.63, 3.8) is 0 Å². The van der Waals surface area contributed by atoms with Crippen molar-refractivity contribution in [2.45, 2.75) is 40.3 Å². The van der Waals surface area contributed by atoms with E-state index in [1.165, 1.54) is 9.88 Å². The molecule has 1 unspecified atom stereocenters.